The Labute approximate surface area is 235 Å². The summed E-state index contributed by atoms with van der Waals surface area (Å²) in [5, 5.41) is 12.4. The molecule has 2 heterocycles. The van der Waals surface area contributed by atoms with Crippen molar-refractivity contribution in [3.8, 4) is 16.3 Å². The highest BCUT2D eigenvalue weighted by molar-refractivity contribution is 7.18. The van der Waals surface area contributed by atoms with Crippen LogP contribution in [0.25, 0.3) is 21.5 Å². The third kappa shape index (κ3) is 5.43. The van der Waals surface area contributed by atoms with E-state index in [0.29, 0.717) is 49.1 Å². The van der Waals surface area contributed by atoms with Crippen LogP contribution in [0.3, 0.4) is 0 Å². The quantitative estimate of drug-likeness (QED) is 0.232. The molecule has 0 saturated carbocycles. The van der Waals surface area contributed by atoms with Gasteiger partial charge in [-0.1, -0.05) is 35.1 Å². The van der Waals surface area contributed by atoms with E-state index in [4.69, 9.17) is 16.3 Å². The lowest BCUT2D eigenvalue weighted by atomic mass is 10.1. The van der Waals surface area contributed by atoms with Crippen molar-refractivity contribution in [1.29, 1.82) is 0 Å². The molecule has 0 aliphatic carbocycles. The first kappa shape index (κ1) is 27.4. The van der Waals surface area contributed by atoms with Crippen LogP contribution in [0.4, 0.5) is 18.3 Å². The second-order valence-electron chi connectivity index (χ2n) is 8.81. The van der Waals surface area contributed by atoms with Crippen molar-refractivity contribution < 1.29 is 27.5 Å². The van der Waals surface area contributed by atoms with E-state index in [1.54, 1.807) is 54.0 Å². The fourth-order valence-corrected chi connectivity index (χ4v) is 5.20. The van der Waals surface area contributed by atoms with E-state index in [0.717, 1.165) is 23.5 Å². The molecule has 0 spiro atoms. The minimum Gasteiger partial charge on any atom is -0.497 e. The van der Waals surface area contributed by atoms with Gasteiger partial charge in [0.15, 0.2) is 0 Å². The molecule has 5 aromatic rings. The summed E-state index contributed by atoms with van der Waals surface area (Å²) in [6.07, 6.45) is -4.52. The van der Waals surface area contributed by atoms with E-state index in [-0.39, 0.29) is 17.5 Å². The van der Waals surface area contributed by atoms with Crippen LogP contribution >= 0.6 is 22.9 Å². The second kappa shape index (κ2) is 10.7. The minimum absolute atomic E-state index is 0.0778. The van der Waals surface area contributed by atoms with Crippen molar-refractivity contribution in [3.63, 3.8) is 0 Å². The normalized spacial score (nSPS) is 11.6. The number of rotatable bonds is 6. The number of carbonyl (C=O) groups excluding carboxylic acids is 2. The van der Waals surface area contributed by atoms with Crippen LogP contribution in [-0.2, 0) is 17.4 Å². The molecular formula is C28H20ClF3N4O3S. The van der Waals surface area contributed by atoms with Crippen LogP contribution in [-0.4, -0.2) is 33.7 Å². The first-order valence-electron chi connectivity index (χ1n) is 11.8. The van der Waals surface area contributed by atoms with Crippen molar-refractivity contribution in [2.24, 2.45) is 0 Å². The summed E-state index contributed by atoms with van der Waals surface area (Å²) in [5.74, 6) is -0.115. The fraction of sp³-hybridized carbons (Fsp3) is 0.143. The first-order chi connectivity index (χ1) is 19.0. The molecule has 3 aromatic carbocycles. The molecule has 12 heteroatoms. The Hall–Kier alpha value is -4.22. The number of halogens is 4. The lowest BCUT2D eigenvalue weighted by Crippen LogP contribution is -2.16. The predicted octanol–water partition coefficient (Wildman–Crippen LogP) is 7.02. The lowest BCUT2D eigenvalue weighted by Gasteiger charge is -2.08. The SMILES string of the molecule is COc1ccc2c(c1)c(CC(=O)Nc1nnc(-c3ccc(C(F)(F)F)cc3)s1)c(C)n2C(=O)c1ccc(Cl)cc1. The lowest BCUT2D eigenvalue weighted by molar-refractivity contribution is -0.137. The number of ether oxygens (including phenoxy) is 1. The average Bonchev–Trinajstić information content (AvgIpc) is 3.50. The number of anilines is 1. The molecule has 0 saturated heterocycles. The van der Waals surface area contributed by atoms with Gasteiger partial charge in [0, 0.05) is 27.2 Å². The highest BCUT2D eigenvalue weighted by Crippen LogP contribution is 2.33. The van der Waals surface area contributed by atoms with Gasteiger partial charge in [-0.25, -0.2) is 0 Å². The number of amides is 1. The summed E-state index contributed by atoms with van der Waals surface area (Å²) in [4.78, 5) is 26.5. The topological polar surface area (TPSA) is 86.1 Å². The Bertz CT molecular complexity index is 1730. The number of nitrogens with zero attached hydrogens (tertiary/aromatic N) is 3. The number of aromatic nitrogens is 3. The Kier molecular flexibility index (Phi) is 7.35. The van der Waals surface area contributed by atoms with E-state index >= 15 is 0 Å². The largest absolute Gasteiger partial charge is 0.497 e. The van der Waals surface area contributed by atoms with Crippen LogP contribution in [0.1, 0.15) is 27.2 Å². The van der Waals surface area contributed by atoms with Gasteiger partial charge in [0.2, 0.25) is 11.0 Å². The van der Waals surface area contributed by atoms with Crippen LogP contribution in [0.2, 0.25) is 5.02 Å². The van der Waals surface area contributed by atoms with Gasteiger partial charge in [0.25, 0.3) is 5.91 Å². The Morgan fingerprint density at radius 1 is 1.02 bits per heavy atom. The Balaban J connectivity index is 1.41. The van der Waals surface area contributed by atoms with Gasteiger partial charge in [0.1, 0.15) is 10.8 Å². The molecule has 0 fully saturated rings. The Morgan fingerprint density at radius 2 is 1.73 bits per heavy atom. The van der Waals surface area contributed by atoms with Gasteiger partial charge < -0.3 is 10.1 Å². The summed E-state index contributed by atoms with van der Waals surface area (Å²) in [6.45, 7) is 1.76. The van der Waals surface area contributed by atoms with E-state index in [9.17, 15) is 22.8 Å². The molecule has 0 radical (unpaired) electrons. The van der Waals surface area contributed by atoms with Crippen molar-refractivity contribution >= 4 is 50.8 Å². The third-order valence-electron chi connectivity index (χ3n) is 6.30. The van der Waals surface area contributed by atoms with E-state index in [1.165, 1.54) is 19.2 Å². The summed E-state index contributed by atoms with van der Waals surface area (Å²) in [6, 6.07) is 16.3. The predicted molar refractivity (Wildman–Crippen MR) is 147 cm³/mol. The molecule has 7 nitrogen and oxygen atoms in total. The minimum atomic E-state index is -4.44. The summed E-state index contributed by atoms with van der Waals surface area (Å²) in [7, 11) is 1.53. The number of fused-ring (bicyclic) bond motifs is 1. The van der Waals surface area contributed by atoms with Gasteiger partial charge in [-0.3, -0.25) is 14.2 Å². The smallest absolute Gasteiger partial charge is 0.416 e. The molecule has 204 valence electrons. The fourth-order valence-electron chi connectivity index (χ4n) is 4.31. The number of alkyl halides is 3. The number of hydrogen-bond donors (Lipinski definition) is 1. The van der Waals surface area contributed by atoms with Crippen LogP contribution in [0, 0.1) is 6.92 Å². The zero-order valence-electron chi connectivity index (χ0n) is 21.0. The first-order valence-corrected chi connectivity index (χ1v) is 13.0. The van der Waals surface area contributed by atoms with Crippen molar-refractivity contribution in [2.45, 2.75) is 19.5 Å². The second-order valence-corrected chi connectivity index (χ2v) is 10.2. The number of methoxy groups -OCH3 is 1. The summed E-state index contributed by atoms with van der Waals surface area (Å²) >= 11 is 7.02. The van der Waals surface area contributed by atoms with Crippen LogP contribution in [0.15, 0.2) is 66.7 Å². The highest BCUT2D eigenvalue weighted by Gasteiger charge is 2.30. The number of benzene rings is 3. The molecular weight excluding hydrogens is 565 g/mol. The van der Waals surface area contributed by atoms with Crippen molar-refractivity contribution in [3.05, 3.63) is 94.1 Å². The van der Waals surface area contributed by atoms with E-state index in [1.807, 2.05) is 0 Å². The monoisotopic (exact) mass is 584 g/mol. The molecule has 0 atom stereocenters. The maximum absolute atomic E-state index is 13.5. The number of nitrogens with one attached hydrogen (secondary N) is 1. The molecule has 0 unspecified atom stereocenters. The zero-order chi connectivity index (χ0) is 28.6. The molecule has 40 heavy (non-hydrogen) atoms. The molecule has 0 bridgehead atoms. The van der Waals surface area contributed by atoms with Crippen molar-refractivity contribution in [2.75, 3.05) is 12.4 Å². The maximum atomic E-state index is 13.5. The highest BCUT2D eigenvalue weighted by atomic mass is 35.5. The van der Waals surface area contributed by atoms with Gasteiger partial charge in [-0.15, -0.1) is 10.2 Å². The maximum Gasteiger partial charge on any atom is 0.416 e. The van der Waals surface area contributed by atoms with Crippen molar-refractivity contribution in [1.82, 2.24) is 14.8 Å². The average molecular weight is 585 g/mol. The van der Waals surface area contributed by atoms with Gasteiger partial charge >= 0.3 is 6.18 Å². The molecule has 5 rings (SSSR count). The molecule has 1 amide bonds. The van der Waals surface area contributed by atoms with Crippen LogP contribution in [0.5, 0.6) is 5.75 Å². The molecule has 1 N–H and O–H groups in total. The Morgan fingerprint density at radius 3 is 2.38 bits per heavy atom. The molecule has 0 aliphatic heterocycles. The molecule has 2 aromatic heterocycles. The van der Waals surface area contributed by atoms with Gasteiger partial charge in [-0.05, 0) is 67.1 Å². The van der Waals surface area contributed by atoms with Gasteiger partial charge in [-0.2, -0.15) is 13.2 Å². The third-order valence-corrected chi connectivity index (χ3v) is 7.44. The van der Waals surface area contributed by atoms with E-state index < -0.39 is 17.6 Å². The van der Waals surface area contributed by atoms with Gasteiger partial charge in [0.05, 0.1) is 24.6 Å². The number of hydrogen-bond acceptors (Lipinski definition) is 6. The standard InChI is InChI=1S/C28H20ClF3N4O3S/c1-15-21(14-24(37)33-27-35-34-25(40-27)16-3-7-18(8-4-16)28(30,31)32)22-13-20(39-2)11-12-23(22)36(15)26(38)17-5-9-19(29)10-6-17/h3-13H,14H2,1-2H3,(H,33,35,37). The number of carbonyl (C=O) groups is 2. The zero-order valence-corrected chi connectivity index (χ0v) is 22.6. The van der Waals surface area contributed by atoms with Crippen LogP contribution < -0.4 is 10.1 Å². The summed E-state index contributed by atoms with van der Waals surface area (Å²) < 4.78 is 45.5. The molecule has 0 aliphatic rings. The van der Waals surface area contributed by atoms with E-state index in [2.05, 4.69) is 15.5 Å². The summed E-state index contributed by atoms with van der Waals surface area (Å²) in [5.41, 5.74) is 1.93.